The number of rotatable bonds is 7. The van der Waals surface area contributed by atoms with E-state index < -0.39 is 0 Å². The van der Waals surface area contributed by atoms with Crippen LogP contribution < -0.4 is 15.4 Å². The van der Waals surface area contributed by atoms with Gasteiger partial charge in [-0.2, -0.15) is 0 Å². The number of hydrogen-bond donors (Lipinski definition) is 2. The zero-order valence-electron chi connectivity index (χ0n) is 15.9. The molecule has 144 valence electrons. The van der Waals surface area contributed by atoms with E-state index in [4.69, 9.17) is 4.74 Å². The van der Waals surface area contributed by atoms with Crippen LogP contribution >= 0.6 is 15.9 Å². The third kappa shape index (κ3) is 5.60. The number of carbonyl (C=O) groups is 1. The number of benzene rings is 3. The van der Waals surface area contributed by atoms with Crippen molar-refractivity contribution in [2.75, 3.05) is 17.2 Å². The van der Waals surface area contributed by atoms with Crippen molar-refractivity contribution >= 4 is 38.9 Å². The topological polar surface area (TPSA) is 50.4 Å². The van der Waals surface area contributed by atoms with E-state index in [0.29, 0.717) is 18.1 Å². The van der Waals surface area contributed by atoms with Crippen LogP contribution in [0.2, 0.25) is 0 Å². The number of amides is 1. The molecule has 0 fully saturated rings. The van der Waals surface area contributed by atoms with Crippen LogP contribution in [0, 0.1) is 5.92 Å². The molecule has 2 N–H and O–H groups in total. The molecule has 0 bridgehead atoms. The minimum absolute atomic E-state index is 0.167. The summed E-state index contributed by atoms with van der Waals surface area (Å²) in [6, 6.07) is 22.9. The Labute approximate surface area is 174 Å². The van der Waals surface area contributed by atoms with E-state index in [9.17, 15) is 4.79 Å². The second-order valence-electron chi connectivity index (χ2n) is 6.87. The Morgan fingerprint density at radius 3 is 2.21 bits per heavy atom. The summed E-state index contributed by atoms with van der Waals surface area (Å²) in [4.78, 5) is 12.5. The molecule has 0 aliphatic heterocycles. The van der Waals surface area contributed by atoms with Crippen LogP contribution in [0.15, 0.2) is 77.3 Å². The number of para-hydroxylation sites is 1. The molecular formula is C23H23BrN2O2. The highest BCUT2D eigenvalue weighted by Gasteiger charge is 2.10. The average molecular weight is 439 g/mol. The lowest BCUT2D eigenvalue weighted by Crippen LogP contribution is -2.12. The fourth-order valence-electron chi connectivity index (χ4n) is 2.54. The normalized spacial score (nSPS) is 10.6. The molecule has 1 amide bonds. The van der Waals surface area contributed by atoms with Crippen LogP contribution in [0.5, 0.6) is 5.75 Å². The van der Waals surface area contributed by atoms with Gasteiger partial charge < -0.3 is 15.4 Å². The Kier molecular flexibility index (Phi) is 6.71. The van der Waals surface area contributed by atoms with Crippen LogP contribution in [-0.2, 0) is 0 Å². The lowest BCUT2D eigenvalue weighted by molar-refractivity contribution is 0.102. The highest BCUT2D eigenvalue weighted by molar-refractivity contribution is 9.10. The van der Waals surface area contributed by atoms with Crippen molar-refractivity contribution in [1.82, 2.24) is 0 Å². The molecule has 28 heavy (non-hydrogen) atoms. The molecule has 0 aliphatic rings. The summed E-state index contributed by atoms with van der Waals surface area (Å²) in [6.07, 6.45) is 0. The standard InChI is InChI=1S/C23H23BrN2O2/c1-16(2)15-28-22-13-8-17(14-21(22)24)23(27)26-20-11-9-19(10-12-20)25-18-6-4-3-5-7-18/h3-14,16,25H,15H2,1-2H3,(H,26,27). The van der Waals surface area contributed by atoms with Crippen LogP contribution in [0.3, 0.4) is 0 Å². The van der Waals surface area contributed by atoms with E-state index in [0.717, 1.165) is 27.3 Å². The van der Waals surface area contributed by atoms with Gasteiger partial charge in [0.2, 0.25) is 0 Å². The Morgan fingerprint density at radius 1 is 0.929 bits per heavy atom. The molecule has 3 rings (SSSR count). The summed E-state index contributed by atoms with van der Waals surface area (Å²) in [7, 11) is 0. The van der Waals surface area contributed by atoms with E-state index >= 15 is 0 Å². The maximum atomic E-state index is 12.5. The fourth-order valence-corrected chi connectivity index (χ4v) is 3.04. The van der Waals surface area contributed by atoms with E-state index in [-0.39, 0.29) is 5.91 Å². The van der Waals surface area contributed by atoms with Gasteiger partial charge in [-0.05, 0) is 76.4 Å². The van der Waals surface area contributed by atoms with Crippen LogP contribution in [0.4, 0.5) is 17.1 Å². The first-order valence-corrected chi connectivity index (χ1v) is 9.96. The Morgan fingerprint density at radius 2 is 1.57 bits per heavy atom. The third-order valence-electron chi connectivity index (χ3n) is 3.97. The maximum Gasteiger partial charge on any atom is 0.255 e. The first-order valence-electron chi connectivity index (χ1n) is 9.17. The number of hydrogen-bond acceptors (Lipinski definition) is 3. The molecule has 0 atom stereocenters. The van der Waals surface area contributed by atoms with Crippen LogP contribution in [-0.4, -0.2) is 12.5 Å². The van der Waals surface area contributed by atoms with Gasteiger partial charge in [0.15, 0.2) is 0 Å². The number of halogens is 1. The van der Waals surface area contributed by atoms with Gasteiger partial charge in [-0.25, -0.2) is 0 Å². The number of carbonyl (C=O) groups excluding carboxylic acids is 1. The first-order chi connectivity index (χ1) is 13.5. The smallest absolute Gasteiger partial charge is 0.255 e. The molecule has 0 unspecified atom stereocenters. The molecule has 0 aromatic heterocycles. The molecule has 3 aromatic carbocycles. The van der Waals surface area contributed by atoms with Crippen molar-refractivity contribution in [1.29, 1.82) is 0 Å². The van der Waals surface area contributed by atoms with E-state index in [1.165, 1.54) is 0 Å². The van der Waals surface area contributed by atoms with Gasteiger partial charge in [0.1, 0.15) is 5.75 Å². The molecule has 0 heterocycles. The predicted molar refractivity (Wildman–Crippen MR) is 119 cm³/mol. The summed E-state index contributed by atoms with van der Waals surface area (Å²) in [5, 5.41) is 6.23. The second-order valence-corrected chi connectivity index (χ2v) is 7.73. The molecule has 4 nitrogen and oxygen atoms in total. The van der Waals surface area contributed by atoms with Gasteiger partial charge in [0.25, 0.3) is 5.91 Å². The first kappa shape index (κ1) is 20.0. The highest BCUT2D eigenvalue weighted by atomic mass is 79.9. The quantitative estimate of drug-likeness (QED) is 0.443. The minimum atomic E-state index is -0.167. The summed E-state index contributed by atoms with van der Waals surface area (Å²) in [6.45, 7) is 4.82. The maximum absolute atomic E-state index is 12.5. The van der Waals surface area contributed by atoms with Crippen LogP contribution in [0.1, 0.15) is 24.2 Å². The SMILES string of the molecule is CC(C)COc1ccc(C(=O)Nc2ccc(Nc3ccccc3)cc2)cc1Br. The third-order valence-corrected chi connectivity index (χ3v) is 4.59. The molecule has 0 aliphatic carbocycles. The van der Waals surface area contributed by atoms with Gasteiger partial charge >= 0.3 is 0 Å². The van der Waals surface area contributed by atoms with Crippen LogP contribution in [0.25, 0.3) is 0 Å². The second kappa shape index (κ2) is 9.42. The molecule has 0 spiro atoms. The number of anilines is 3. The molecule has 0 saturated heterocycles. The molecule has 3 aromatic rings. The van der Waals surface area contributed by atoms with Crippen molar-refractivity contribution in [3.05, 3.63) is 82.8 Å². The van der Waals surface area contributed by atoms with Gasteiger partial charge in [-0.15, -0.1) is 0 Å². The van der Waals surface area contributed by atoms with Gasteiger partial charge in [-0.3, -0.25) is 4.79 Å². The summed E-state index contributed by atoms with van der Waals surface area (Å²) in [5.41, 5.74) is 3.28. The van der Waals surface area contributed by atoms with Gasteiger partial charge in [0.05, 0.1) is 11.1 Å². The highest BCUT2D eigenvalue weighted by Crippen LogP contribution is 2.27. The monoisotopic (exact) mass is 438 g/mol. The van der Waals surface area contributed by atoms with E-state index in [1.807, 2.05) is 60.7 Å². The predicted octanol–water partition coefficient (Wildman–Crippen LogP) is 6.48. The van der Waals surface area contributed by atoms with E-state index in [1.54, 1.807) is 12.1 Å². The Balaban J connectivity index is 1.62. The zero-order chi connectivity index (χ0) is 19.9. The van der Waals surface area contributed by atoms with Crippen molar-refractivity contribution in [2.45, 2.75) is 13.8 Å². The summed E-state index contributed by atoms with van der Waals surface area (Å²) in [5.74, 6) is 1.01. The molecule has 0 radical (unpaired) electrons. The molecular weight excluding hydrogens is 416 g/mol. The van der Waals surface area contributed by atoms with Gasteiger partial charge in [0, 0.05) is 22.6 Å². The van der Waals surface area contributed by atoms with E-state index in [2.05, 4.69) is 40.4 Å². The Bertz CT molecular complexity index is 925. The molecule has 5 heteroatoms. The van der Waals surface area contributed by atoms with Gasteiger partial charge in [-0.1, -0.05) is 32.0 Å². The number of nitrogens with one attached hydrogen (secondary N) is 2. The number of ether oxygens (including phenoxy) is 1. The van der Waals surface area contributed by atoms with Crippen molar-refractivity contribution in [3.8, 4) is 5.75 Å². The minimum Gasteiger partial charge on any atom is -0.492 e. The Hall–Kier alpha value is -2.79. The lowest BCUT2D eigenvalue weighted by Gasteiger charge is -2.12. The largest absolute Gasteiger partial charge is 0.492 e. The fraction of sp³-hybridized carbons (Fsp3) is 0.174. The summed E-state index contributed by atoms with van der Waals surface area (Å²) < 4.78 is 6.49. The van der Waals surface area contributed by atoms with Crippen molar-refractivity contribution in [3.63, 3.8) is 0 Å². The molecule has 0 saturated carbocycles. The summed E-state index contributed by atoms with van der Waals surface area (Å²) >= 11 is 3.48. The zero-order valence-corrected chi connectivity index (χ0v) is 17.5. The van der Waals surface area contributed by atoms with Crippen molar-refractivity contribution < 1.29 is 9.53 Å². The lowest BCUT2D eigenvalue weighted by atomic mass is 10.2. The van der Waals surface area contributed by atoms with Crippen molar-refractivity contribution in [2.24, 2.45) is 5.92 Å². The average Bonchev–Trinajstić information content (AvgIpc) is 2.69.